The molecule has 0 fully saturated rings. The van der Waals surface area contributed by atoms with E-state index in [1.807, 2.05) is 43.3 Å². The van der Waals surface area contributed by atoms with Crippen LogP contribution in [0.5, 0.6) is 5.75 Å². The Hall–Kier alpha value is -2.75. The van der Waals surface area contributed by atoms with Gasteiger partial charge >= 0.3 is 0 Å². The minimum atomic E-state index is 0.0159. The Bertz CT molecular complexity index is 912. The van der Waals surface area contributed by atoms with E-state index in [4.69, 9.17) is 9.15 Å². The molecule has 2 heterocycles. The molecule has 1 aliphatic rings. The van der Waals surface area contributed by atoms with Crippen LogP contribution in [-0.4, -0.2) is 19.1 Å². The Morgan fingerprint density at radius 1 is 1.24 bits per heavy atom. The first kappa shape index (κ1) is 15.8. The molecule has 1 aromatic heterocycles. The van der Waals surface area contributed by atoms with E-state index in [1.165, 1.54) is 5.56 Å². The highest BCUT2D eigenvalue weighted by atomic mass is 16.5. The van der Waals surface area contributed by atoms with Crippen molar-refractivity contribution in [1.29, 1.82) is 0 Å². The average Bonchev–Trinajstić information content (AvgIpc) is 3.01. The van der Waals surface area contributed by atoms with Gasteiger partial charge in [0, 0.05) is 23.4 Å². The topological polar surface area (TPSA) is 51.5 Å². The summed E-state index contributed by atoms with van der Waals surface area (Å²) in [4.78, 5) is 12.3. The number of hydrogen-bond donors (Lipinski definition) is 1. The van der Waals surface area contributed by atoms with Crippen LogP contribution in [0.1, 0.15) is 16.7 Å². The van der Waals surface area contributed by atoms with Crippen molar-refractivity contribution in [3.05, 3.63) is 65.4 Å². The monoisotopic (exact) mass is 335 g/mol. The number of amides is 1. The van der Waals surface area contributed by atoms with Gasteiger partial charge in [-0.05, 0) is 36.6 Å². The lowest BCUT2D eigenvalue weighted by atomic mass is 9.96. The van der Waals surface area contributed by atoms with Crippen LogP contribution in [0.25, 0.3) is 11.0 Å². The van der Waals surface area contributed by atoms with Crippen LogP contribution in [0.4, 0.5) is 0 Å². The number of hydrogen-bond acceptors (Lipinski definition) is 3. The molecule has 0 aliphatic carbocycles. The number of fused-ring (bicyclic) bond motifs is 2. The maximum Gasteiger partial charge on any atom is 0.224 e. The lowest BCUT2D eigenvalue weighted by Gasteiger charge is -2.25. The number of rotatable bonds is 4. The van der Waals surface area contributed by atoms with E-state index in [0.29, 0.717) is 25.5 Å². The minimum absolute atomic E-state index is 0.0159. The van der Waals surface area contributed by atoms with Crippen LogP contribution in [0, 0.1) is 12.8 Å². The number of aryl methyl sites for hydroxylation is 1. The number of ether oxygens (including phenoxy) is 1. The summed E-state index contributed by atoms with van der Waals surface area (Å²) in [6.07, 6.45) is 2.95. The van der Waals surface area contributed by atoms with Crippen molar-refractivity contribution in [2.75, 3.05) is 13.2 Å². The number of nitrogens with one attached hydrogen (secondary N) is 1. The van der Waals surface area contributed by atoms with Gasteiger partial charge in [-0.25, -0.2) is 0 Å². The molecule has 1 atom stereocenters. The molecule has 0 bridgehead atoms. The molecule has 1 N–H and O–H groups in total. The zero-order valence-corrected chi connectivity index (χ0v) is 14.2. The van der Waals surface area contributed by atoms with Gasteiger partial charge in [0.15, 0.2) is 0 Å². The van der Waals surface area contributed by atoms with Gasteiger partial charge in [-0.3, -0.25) is 4.79 Å². The van der Waals surface area contributed by atoms with Gasteiger partial charge in [0.05, 0.1) is 19.3 Å². The third-order valence-corrected chi connectivity index (χ3v) is 4.71. The molecule has 1 unspecified atom stereocenters. The van der Waals surface area contributed by atoms with Crippen LogP contribution in [0.15, 0.2) is 53.1 Å². The van der Waals surface area contributed by atoms with Gasteiger partial charge in [-0.2, -0.15) is 0 Å². The van der Waals surface area contributed by atoms with Gasteiger partial charge in [0.25, 0.3) is 0 Å². The van der Waals surface area contributed by atoms with E-state index in [-0.39, 0.29) is 5.91 Å². The highest BCUT2D eigenvalue weighted by Crippen LogP contribution is 2.26. The van der Waals surface area contributed by atoms with Crippen molar-refractivity contribution < 1.29 is 13.9 Å². The van der Waals surface area contributed by atoms with Crippen LogP contribution < -0.4 is 10.1 Å². The largest absolute Gasteiger partial charge is 0.493 e. The number of carbonyl (C=O) groups excluding carboxylic acids is 1. The van der Waals surface area contributed by atoms with Gasteiger partial charge in [0.2, 0.25) is 5.91 Å². The second-order valence-corrected chi connectivity index (χ2v) is 6.73. The second kappa shape index (κ2) is 6.63. The van der Waals surface area contributed by atoms with Crippen molar-refractivity contribution in [3.63, 3.8) is 0 Å². The lowest BCUT2D eigenvalue weighted by Crippen LogP contribution is -2.35. The second-order valence-electron chi connectivity index (χ2n) is 6.73. The van der Waals surface area contributed by atoms with Gasteiger partial charge < -0.3 is 14.5 Å². The van der Waals surface area contributed by atoms with Crippen LogP contribution >= 0.6 is 0 Å². The van der Waals surface area contributed by atoms with Gasteiger partial charge in [-0.15, -0.1) is 0 Å². The molecule has 1 amide bonds. The first-order valence-electron chi connectivity index (χ1n) is 8.63. The van der Waals surface area contributed by atoms with Crippen molar-refractivity contribution in [1.82, 2.24) is 5.32 Å². The van der Waals surface area contributed by atoms with Crippen molar-refractivity contribution in [2.45, 2.75) is 19.8 Å². The molecule has 4 heteroatoms. The molecule has 0 radical (unpaired) electrons. The molecule has 4 nitrogen and oxygen atoms in total. The predicted molar refractivity (Wildman–Crippen MR) is 96.8 cm³/mol. The highest BCUT2D eigenvalue weighted by Gasteiger charge is 2.20. The highest BCUT2D eigenvalue weighted by molar-refractivity contribution is 5.87. The minimum Gasteiger partial charge on any atom is -0.493 e. The third-order valence-electron chi connectivity index (χ3n) is 4.71. The quantitative estimate of drug-likeness (QED) is 0.792. The van der Waals surface area contributed by atoms with Crippen LogP contribution in [0.2, 0.25) is 0 Å². The molecular weight excluding hydrogens is 314 g/mol. The van der Waals surface area contributed by atoms with Crippen molar-refractivity contribution in [2.24, 2.45) is 5.92 Å². The van der Waals surface area contributed by atoms with Crippen LogP contribution in [0.3, 0.4) is 0 Å². The molecule has 0 spiro atoms. The Balaban J connectivity index is 1.35. The van der Waals surface area contributed by atoms with Crippen molar-refractivity contribution >= 4 is 16.9 Å². The fourth-order valence-corrected chi connectivity index (χ4v) is 3.34. The van der Waals surface area contributed by atoms with E-state index in [1.54, 1.807) is 6.26 Å². The van der Waals surface area contributed by atoms with Gasteiger partial charge in [0.1, 0.15) is 11.3 Å². The Kier molecular flexibility index (Phi) is 4.18. The van der Waals surface area contributed by atoms with Crippen molar-refractivity contribution in [3.8, 4) is 5.75 Å². The standard InChI is InChI=1S/C21H21NO3/c1-14-6-7-18-17(13-25-20(18)8-14)10-21(23)22-11-15-9-16-4-2-3-5-19(16)24-12-15/h2-8,13,15H,9-12H2,1H3,(H,22,23). The van der Waals surface area contributed by atoms with E-state index in [0.717, 1.165) is 34.3 Å². The summed E-state index contributed by atoms with van der Waals surface area (Å²) in [6, 6.07) is 14.1. The predicted octanol–water partition coefficient (Wildman–Crippen LogP) is 3.65. The van der Waals surface area contributed by atoms with E-state index >= 15 is 0 Å². The summed E-state index contributed by atoms with van der Waals surface area (Å²) in [5.74, 6) is 1.29. The fraction of sp³-hybridized carbons (Fsp3) is 0.286. The third kappa shape index (κ3) is 3.38. The van der Waals surface area contributed by atoms with E-state index in [9.17, 15) is 4.79 Å². The number of furan rings is 1. The molecule has 3 aromatic rings. The Morgan fingerprint density at radius 3 is 3.04 bits per heavy atom. The molecular formula is C21H21NO3. The summed E-state index contributed by atoms with van der Waals surface area (Å²) in [6.45, 7) is 3.30. The summed E-state index contributed by atoms with van der Waals surface area (Å²) in [5.41, 5.74) is 4.12. The number of benzene rings is 2. The molecule has 128 valence electrons. The summed E-state index contributed by atoms with van der Waals surface area (Å²) < 4.78 is 11.3. The smallest absolute Gasteiger partial charge is 0.224 e. The molecule has 25 heavy (non-hydrogen) atoms. The maximum atomic E-state index is 12.3. The fourth-order valence-electron chi connectivity index (χ4n) is 3.34. The molecule has 2 aromatic carbocycles. The number of para-hydroxylation sites is 1. The first-order valence-corrected chi connectivity index (χ1v) is 8.63. The zero-order chi connectivity index (χ0) is 17.2. The summed E-state index contributed by atoms with van der Waals surface area (Å²) in [5, 5.41) is 4.05. The first-order chi connectivity index (χ1) is 12.2. The van der Waals surface area contributed by atoms with E-state index < -0.39 is 0 Å². The maximum absolute atomic E-state index is 12.3. The van der Waals surface area contributed by atoms with Gasteiger partial charge in [-0.1, -0.05) is 30.3 Å². The molecule has 0 saturated carbocycles. The zero-order valence-electron chi connectivity index (χ0n) is 14.2. The molecule has 1 aliphatic heterocycles. The molecule has 4 rings (SSSR count). The van der Waals surface area contributed by atoms with Crippen LogP contribution in [-0.2, 0) is 17.6 Å². The normalized spacial score (nSPS) is 16.3. The number of carbonyl (C=O) groups is 1. The summed E-state index contributed by atoms with van der Waals surface area (Å²) >= 11 is 0. The van der Waals surface area contributed by atoms with E-state index in [2.05, 4.69) is 11.4 Å². The lowest BCUT2D eigenvalue weighted by molar-refractivity contribution is -0.120. The molecule has 0 saturated heterocycles. The summed E-state index contributed by atoms with van der Waals surface area (Å²) in [7, 11) is 0. The Morgan fingerprint density at radius 2 is 2.12 bits per heavy atom. The Labute approximate surface area is 146 Å². The average molecular weight is 335 g/mol. The SMILES string of the molecule is Cc1ccc2c(CC(=O)NCC3COc4ccccc4C3)coc2c1.